The van der Waals surface area contributed by atoms with E-state index in [2.05, 4.69) is 39.7 Å². The third-order valence-corrected chi connectivity index (χ3v) is 3.63. The molecule has 94 valence electrons. The van der Waals surface area contributed by atoms with Gasteiger partial charge < -0.3 is 0 Å². The summed E-state index contributed by atoms with van der Waals surface area (Å²) in [7, 11) is 0. The van der Waals surface area contributed by atoms with Crippen LogP contribution in [-0.4, -0.2) is 9.97 Å². The van der Waals surface area contributed by atoms with Gasteiger partial charge in [0.15, 0.2) is 0 Å². The van der Waals surface area contributed by atoms with Crippen molar-refractivity contribution >= 4 is 27.5 Å². The van der Waals surface area contributed by atoms with Crippen molar-refractivity contribution < 1.29 is 0 Å². The molecule has 0 bridgehead atoms. The summed E-state index contributed by atoms with van der Waals surface area (Å²) in [5, 5.41) is 0.534. The molecule has 4 heteroatoms. The maximum Gasteiger partial charge on any atom is 0.136 e. The molecule has 1 aromatic carbocycles. The van der Waals surface area contributed by atoms with Crippen LogP contribution in [0, 0.1) is 6.92 Å². The highest BCUT2D eigenvalue weighted by Gasteiger charge is 2.13. The summed E-state index contributed by atoms with van der Waals surface area (Å²) in [5.74, 6) is 1.04. The van der Waals surface area contributed by atoms with Gasteiger partial charge in [-0.2, -0.15) is 0 Å². The van der Waals surface area contributed by atoms with Crippen LogP contribution in [0.1, 0.15) is 31.2 Å². The summed E-state index contributed by atoms with van der Waals surface area (Å²) in [6, 6.07) is 8.05. The topological polar surface area (TPSA) is 25.8 Å². The highest BCUT2D eigenvalue weighted by Crippen LogP contribution is 2.28. The normalized spacial score (nSPS) is 11.0. The molecule has 0 saturated carbocycles. The zero-order chi connectivity index (χ0) is 13.3. The standard InChI is InChI=1S/C14H14BrClN2/c1-8(2)14-17-12(9(3)13(16)18-14)10-4-6-11(15)7-5-10/h4-8H,1-3H3. The number of hydrogen-bond acceptors (Lipinski definition) is 2. The van der Waals surface area contributed by atoms with E-state index in [0.717, 1.165) is 27.1 Å². The molecule has 0 saturated heterocycles. The molecular weight excluding hydrogens is 312 g/mol. The van der Waals surface area contributed by atoms with Gasteiger partial charge in [-0.25, -0.2) is 9.97 Å². The van der Waals surface area contributed by atoms with Crippen molar-refractivity contribution in [2.45, 2.75) is 26.7 Å². The lowest BCUT2D eigenvalue weighted by Crippen LogP contribution is -2.02. The van der Waals surface area contributed by atoms with Crippen LogP contribution in [0.5, 0.6) is 0 Å². The van der Waals surface area contributed by atoms with Crippen LogP contribution in [0.2, 0.25) is 5.15 Å². The minimum atomic E-state index is 0.261. The zero-order valence-corrected chi connectivity index (χ0v) is 12.9. The maximum atomic E-state index is 6.18. The molecule has 1 heterocycles. The van der Waals surface area contributed by atoms with E-state index in [-0.39, 0.29) is 5.92 Å². The summed E-state index contributed by atoms with van der Waals surface area (Å²) in [4.78, 5) is 8.94. The summed E-state index contributed by atoms with van der Waals surface area (Å²) in [6.07, 6.45) is 0. The fourth-order valence-electron chi connectivity index (χ4n) is 1.65. The highest BCUT2D eigenvalue weighted by molar-refractivity contribution is 9.10. The molecule has 0 aliphatic rings. The fraction of sp³-hybridized carbons (Fsp3) is 0.286. The minimum absolute atomic E-state index is 0.261. The van der Waals surface area contributed by atoms with Gasteiger partial charge in [-0.3, -0.25) is 0 Å². The van der Waals surface area contributed by atoms with Gasteiger partial charge in [0.05, 0.1) is 5.69 Å². The highest BCUT2D eigenvalue weighted by atomic mass is 79.9. The van der Waals surface area contributed by atoms with E-state index in [1.807, 2.05) is 31.2 Å². The van der Waals surface area contributed by atoms with Crippen LogP contribution in [-0.2, 0) is 0 Å². The summed E-state index contributed by atoms with van der Waals surface area (Å²) in [6.45, 7) is 6.07. The lowest BCUT2D eigenvalue weighted by atomic mass is 10.1. The number of halogens is 2. The second kappa shape index (κ2) is 5.37. The molecule has 0 unspecified atom stereocenters. The predicted molar refractivity (Wildman–Crippen MR) is 79.0 cm³/mol. The van der Waals surface area contributed by atoms with Crippen LogP contribution in [0.25, 0.3) is 11.3 Å². The molecule has 0 N–H and O–H groups in total. The van der Waals surface area contributed by atoms with Crippen molar-refractivity contribution in [1.82, 2.24) is 9.97 Å². The van der Waals surface area contributed by atoms with Crippen LogP contribution >= 0.6 is 27.5 Å². The first-order chi connectivity index (χ1) is 8.49. The average molecular weight is 326 g/mol. The van der Waals surface area contributed by atoms with Gasteiger partial charge in [0.1, 0.15) is 11.0 Å². The molecule has 2 nitrogen and oxygen atoms in total. The second-order valence-corrected chi connectivity index (χ2v) is 5.78. The van der Waals surface area contributed by atoms with Crippen molar-refractivity contribution in [2.75, 3.05) is 0 Å². The van der Waals surface area contributed by atoms with Gasteiger partial charge in [0.2, 0.25) is 0 Å². The number of hydrogen-bond donors (Lipinski definition) is 0. The molecule has 0 fully saturated rings. The molecule has 18 heavy (non-hydrogen) atoms. The number of nitrogens with zero attached hydrogens (tertiary/aromatic N) is 2. The molecule has 2 aromatic rings. The van der Waals surface area contributed by atoms with Crippen LogP contribution in [0.3, 0.4) is 0 Å². The first-order valence-electron chi connectivity index (χ1n) is 5.79. The Kier molecular flexibility index (Phi) is 4.03. The largest absolute Gasteiger partial charge is 0.232 e. The van der Waals surface area contributed by atoms with Gasteiger partial charge in [-0.15, -0.1) is 0 Å². The van der Waals surface area contributed by atoms with E-state index < -0.39 is 0 Å². The van der Waals surface area contributed by atoms with Crippen molar-refractivity contribution in [3.63, 3.8) is 0 Å². The van der Waals surface area contributed by atoms with E-state index in [1.165, 1.54) is 0 Å². The van der Waals surface area contributed by atoms with E-state index >= 15 is 0 Å². The Balaban J connectivity index is 2.59. The SMILES string of the molecule is Cc1c(Cl)nc(C(C)C)nc1-c1ccc(Br)cc1. The van der Waals surface area contributed by atoms with Crippen LogP contribution < -0.4 is 0 Å². The Hall–Kier alpha value is -0.930. The van der Waals surface area contributed by atoms with Crippen molar-refractivity contribution in [2.24, 2.45) is 0 Å². The van der Waals surface area contributed by atoms with Gasteiger partial charge in [-0.1, -0.05) is 53.5 Å². The minimum Gasteiger partial charge on any atom is -0.232 e. The number of rotatable bonds is 2. The average Bonchev–Trinajstić information content (AvgIpc) is 2.33. The van der Waals surface area contributed by atoms with Crippen molar-refractivity contribution in [1.29, 1.82) is 0 Å². The van der Waals surface area contributed by atoms with Crippen molar-refractivity contribution in [3.8, 4) is 11.3 Å². The Labute approximate surface area is 121 Å². The van der Waals surface area contributed by atoms with E-state index in [1.54, 1.807) is 0 Å². The Morgan fingerprint density at radius 2 is 1.72 bits per heavy atom. The molecule has 1 aromatic heterocycles. The third-order valence-electron chi connectivity index (χ3n) is 2.74. The van der Waals surface area contributed by atoms with Gasteiger partial charge in [-0.05, 0) is 19.1 Å². The monoisotopic (exact) mass is 324 g/mol. The Morgan fingerprint density at radius 3 is 2.28 bits per heavy atom. The third kappa shape index (κ3) is 2.73. The lowest BCUT2D eigenvalue weighted by molar-refractivity contribution is 0.773. The van der Waals surface area contributed by atoms with E-state index in [4.69, 9.17) is 11.6 Å². The molecular formula is C14H14BrClN2. The first-order valence-corrected chi connectivity index (χ1v) is 6.96. The Bertz CT molecular complexity index is 565. The number of benzene rings is 1. The molecule has 0 atom stereocenters. The predicted octanol–water partition coefficient (Wildman–Crippen LogP) is 4.99. The second-order valence-electron chi connectivity index (χ2n) is 4.51. The molecule has 2 rings (SSSR count). The molecule has 0 radical (unpaired) electrons. The van der Waals surface area contributed by atoms with Gasteiger partial charge >= 0.3 is 0 Å². The first kappa shape index (κ1) is 13.5. The summed E-state index contributed by atoms with van der Waals surface area (Å²) in [5.41, 5.74) is 2.89. The molecule has 0 amide bonds. The van der Waals surface area contributed by atoms with Crippen molar-refractivity contribution in [3.05, 3.63) is 45.3 Å². The molecule has 0 aliphatic carbocycles. The quantitative estimate of drug-likeness (QED) is 0.727. The van der Waals surface area contributed by atoms with Crippen LogP contribution in [0.4, 0.5) is 0 Å². The lowest BCUT2D eigenvalue weighted by Gasteiger charge is -2.11. The van der Waals surface area contributed by atoms with Gasteiger partial charge in [0.25, 0.3) is 0 Å². The zero-order valence-electron chi connectivity index (χ0n) is 10.5. The fourth-order valence-corrected chi connectivity index (χ4v) is 2.09. The Morgan fingerprint density at radius 1 is 1.11 bits per heavy atom. The maximum absolute atomic E-state index is 6.18. The summed E-state index contributed by atoms with van der Waals surface area (Å²) >= 11 is 9.61. The molecule has 0 aliphatic heterocycles. The van der Waals surface area contributed by atoms with E-state index in [9.17, 15) is 0 Å². The van der Waals surface area contributed by atoms with Gasteiger partial charge in [0, 0.05) is 21.5 Å². The van der Waals surface area contributed by atoms with Crippen LogP contribution in [0.15, 0.2) is 28.7 Å². The summed E-state index contributed by atoms with van der Waals surface area (Å²) < 4.78 is 1.05. The number of aromatic nitrogens is 2. The smallest absolute Gasteiger partial charge is 0.136 e. The van der Waals surface area contributed by atoms with E-state index in [0.29, 0.717) is 5.15 Å². The molecule has 0 spiro atoms.